The van der Waals surface area contributed by atoms with Gasteiger partial charge in [0.1, 0.15) is 0 Å². The first-order valence-corrected chi connectivity index (χ1v) is 5.17. The molecule has 0 bridgehead atoms. The van der Waals surface area contributed by atoms with Crippen molar-refractivity contribution in [2.75, 3.05) is 25.1 Å². The fourth-order valence-electron chi connectivity index (χ4n) is 1.13. The second kappa shape index (κ2) is 6.28. The monoisotopic (exact) mass is 224 g/mol. The highest BCUT2D eigenvalue weighted by atomic mass is 35.5. The first kappa shape index (κ1) is 11.8. The maximum atomic E-state index is 8.65. The van der Waals surface area contributed by atoms with Crippen LogP contribution < -0.4 is 5.32 Å². The summed E-state index contributed by atoms with van der Waals surface area (Å²) in [6, 6.07) is 7.21. The Morgan fingerprint density at radius 2 is 2.33 bits per heavy atom. The van der Waals surface area contributed by atoms with Crippen molar-refractivity contribution in [3.8, 4) is 6.07 Å². The van der Waals surface area contributed by atoms with Crippen molar-refractivity contribution in [3.63, 3.8) is 0 Å². The van der Waals surface area contributed by atoms with Gasteiger partial charge < -0.3 is 10.1 Å². The maximum absolute atomic E-state index is 8.65. The van der Waals surface area contributed by atoms with Crippen molar-refractivity contribution in [2.24, 2.45) is 0 Å². The van der Waals surface area contributed by atoms with Gasteiger partial charge in [-0.05, 0) is 25.1 Å². The summed E-state index contributed by atoms with van der Waals surface area (Å²) in [6.45, 7) is 4.02. The van der Waals surface area contributed by atoms with Gasteiger partial charge in [-0.1, -0.05) is 11.6 Å². The van der Waals surface area contributed by atoms with Crippen LogP contribution in [0.4, 0.5) is 5.69 Å². The Morgan fingerprint density at radius 1 is 1.53 bits per heavy atom. The van der Waals surface area contributed by atoms with Gasteiger partial charge in [0.05, 0.1) is 28.9 Å². The molecule has 0 atom stereocenters. The van der Waals surface area contributed by atoms with Gasteiger partial charge in [0.15, 0.2) is 0 Å². The summed E-state index contributed by atoms with van der Waals surface area (Å²) < 4.78 is 5.18. The number of nitrogens with zero attached hydrogens (tertiary/aromatic N) is 1. The highest BCUT2D eigenvalue weighted by Gasteiger charge is 2.00. The zero-order valence-corrected chi connectivity index (χ0v) is 9.34. The molecule has 3 nitrogen and oxygen atoms in total. The Morgan fingerprint density at radius 3 is 2.93 bits per heavy atom. The Labute approximate surface area is 94.6 Å². The van der Waals surface area contributed by atoms with Crippen LogP contribution in [0.25, 0.3) is 0 Å². The van der Waals surface area contributed by atoms with Crippen molar-refractivity contribution in [1.29, 1.82) is 5.26 Å². The third-order valence-corrected chi connectivity index (χ3v) is 2.18. The maximum Gasteiger partial charge on any atom is 0.0992 e. The molecular formula is C11H13ClN2O. The molecule has 0 saturated carbocycles. The minimum atomic E-state index is 0.561. The molecule has 0 aliphatic carbocycles. The van der Waals surface area contributed by atoms with E-state index in [-0.39, 0.29) is 0 Å². The van der Waals surface area contributed by atoms with Crippen molar-refractivity contribution in [3.05, 3.63) is 28.8 Å². The summed E-state index contributed by atoms with van der Waals surface area (Å²) in [5, 5.41) is 12.3. The predicted octanol–water partition coefficient (Wildman–Crippen LogP) is 2.66. The topological polar surface area (TPSA) is 45.0 Å². The van der Waals surface area contributed by atoms with E-state index in [9.17, 15) is 0 Å². The molecule has 1 aromatic rings. The van der Waals surface area contributed by atoms with Crippen LogP contribution in [0.3, 0.4) is 0 Å². The molecular weight excluding hydrogens is 212 g/mol. The molecule has 0 saturated heterocycles. The van der Waals surface area contributed by atoms with E-state index in [1.54, 1.807) is 18.2 Å². The molecule has 0 heterocycles. The molecule has 0 radical (unpaired) electrons. The smallest absolute Gasteiger partial charge is 0.0992 e. The van der Waals surface area contributed by atoms with Crippen LogP contribution in [0.2, 0.25) is 5.02 Å². The molecule has 0 unspecified atom stereocenters. The van der Waals surface area contributed by atoms with E-state index in [1.807, 2.05) is 13.0 Å². The van der Waals surface area contributed by atoms with E-state index >= 15 is 0 Å². The fourth-order valence-corrected chi connectivity index (χ4v) is 1.38. The summed E-state index contributed by atoms with van der Waals surface area (Å²) in [4.78, 5) is 0. The minimum absolute atomic E-state index is 0.561. The Bertz CT molecular complexity index is 360. The molecule has 80 valence electrons. The zero-order valence-electron chi connectivity index (χ0n) is 8.59. The summed E-state index contributed by atoms with van der Waals surface area (Å²) in [6.07, 6.45) is 0. The molecule has 0 aromatic heterocycles. The highest BCUT2D eigenvalue weighted by Crippen LogP contribution is 2.22. The average molecular weight is 225 g/mol. The number of anilines is 1. The van der Waals surface area contributed by atoms with Gasteiger partial charge >= 0.3 is 0 Å². The Balaban J connectivity index is 2.52. The predicted molar refractivity (Wildman–Crippen MR) is 61.1 cm³/mol. The van der Waals surface area contributed by atoms with Crippen LogP contribution in [-0.4, -0.2) is 19.8 Å². The Hall–Kier alpha value is -1.24. The lowest BCUT2D eigenvalue weighted by atomic mass is 10.2. The number of hydrogen-bond acceptors (Lipinski definition) is 3. The second-order valence-corrected chi connectivity index (χ2v) is 3.34. The van der Waals surface area contributed by atoms with E-state index in [4.69, 9.17) is 21.6 Å². The molecule has 0 spiro atoms. The molecule has 0 aliphatic heterocycles. The lowest BCUT2D eigenvalue weighted by molar-refractivity contribution is 0.158. The second-order valence-electron chi connectivity index (χ2n) is 2.93. The van der Waals surface area contributed by atoms with Crippen LogP contribution in [0, 0.1) is 11.3 Å². The van der Waals surface area contributed by atoms with Crippen molar-refractivity contribution in [2.45, 2.75) is 6.92 Å². The van der Waals surface area contributed by atoms with E-state index in [1.165, 1.54) is 0 Å². The molecule has 0 fully saturated rings. The third-order valence-electron chi connectivity index (χ3n) is 1.86. The molecule has 15 heavy (non-hydrogen) atoms. The number of nitrogens with one attached hydrogen (secondary N) is 1. The SMILES string of the molecule is CCOCCNc1ccc(C#N)cc1Cl. The highest BCUT2D eigenvalue weighted by molar-refractivity contribution is 6.33. The summed E-state index contributed by atoms with van der Waals surface area (Å²) >= 11 is 5.97. The third kappa shape index (κ3) is 3.78. The normalized spacial score (nSPS) is 9.67. The largest absolute Gasteiger partial charge is 0.382 e. The van der Waals surface area contributed by atoms with Gasteiger partial charge in [-0.2, -0.15) is 5.26 Å². The number of halogens is 1. The fraction of sp³-hybridized carbons (Fsp3) is 0.364. The van der Waals surface area contributed by atoms with Gasteiger partial charge in [-0.15, -0.1) is 0 Å². The lowest BCUT2D eigenvalue weighted by Gasteiger charge is -2.08. The van der Waals surface area contributed by atoms with Crippen LogP contribution in [0.15, 0.2) is 18.2 Å². The van der Waals surface area contributed by atoms with Gasteiger partial charge in [0.2, 0.25) is 0 Å². The number of hydrogen-bond donors (Lipinski definition) is 1. The molecule has 0 aliphatic rings. The van der Waals surface area contributed by atoms with Gasteiger partial charge in [-0.25, -0.2) is 0 Å². The van der Waals surface area contributed by atoms with Crippen LogP contribution >= 0.6 is 11.6 Å². The molecule has 1 N–H and O–H groups in total. The number of rotatable bonds is 5. The van der Waals surface area contributed by atoms with Gasteiger partial charge in [-0.3, -0.25) is 0 Å². The summed E-state index contributed by atoms with van der Waals surface area (Å²) in [5.41, 5.74) is 1.39. The van der Waals surface area contributed by atoms with Crippen LogP contribution in [0.1, 0.15) is 12.5 Å². The minimum Gasteiger partial charge on any atom is -0.382 e. The quantitative estimate of drug-likeness (QED) is 0.783. The molecule has 0 amide bonds. The van der Waals surface area contributed by atoms with Gasteiger partial charge in [0.25, 0.3) is 0 Å². The van der Waals surface area contributed by atoms with E-state index in [2.05, 4.69) is 5.32 Å². The average Bonchev–Trinajstić information content (AvgIpc) is 2.26. The first-order valence-electron chi connectivity index (χ1n) is 4.79. The van der Waals surface area contributed by atoms with Crippen molar-refractivity contribution >= 4 is 17.3 Å². The molecule has 1 rings (SSSR count). The number of benzene rings is 1. The van der Waals surface area contributed by atoms with Crippen molar-refractivity contribution < 1.29 is 4.74 Å². The van der Waals surface area contributed by atoms with Crippen molar-refractivity contribution in [1.82, 2.24) is 0 Å². The molecule has 1 aromatic carbocycles. The summed E-state index contributed by atoms with van der Waals surface area (Å²) in [5.74, 6) is 0. The number of ether oxygens (including phenoxy) is 1. The standard InChI is InChI=1S/C11H13ClN2O/c1-2-15-6-5-14-11-4-3-9(8-13)7-10(11)12/h3-4,7,14H,2,5-6H2,1H3. The van der Waals surface area contributed by atoms with E-state index in [0.717, 1.165) is 5.69 Å². The van der Waals surface area contributed by atoms with E-state index < -0.39 is 0 Å². The number of nitriles is 1. The van der Waals surface area contributed by atoms with Crippen LogP contribution in [0.5, 0.6) is 0 Å². The Kier molecular flexibility index (Phi) is 4.96. The lowest BCUT2D eigenvalue weighted by Crippen LogP contribution is -2.09. The zero-order chi connectivity index (χ0) is 11.1. The van der Waals surface area contributed by atoms with E-state index in [0.29, 0.717) is 30.3 Å². The van der Waals surface area contributed by atoms with Crippen LogP contribution in [-0.2, 0) is 4.74 Å². The molecule has 4 heteroatoms. The van der Waals surface area contributed by atoms with Gasteiger partial charge in [0, 0.05) is 13.2 Å². The summed E-state index contributed by atoms with van der Waals surface area (Å²) in [7, 11) is 0. The first-order chi connectivity index (χ1) is 7.27.